The van der Waals surface area contributed by atoms with Crippen LogP contribution in [-0.2, 0) is 24.4 Å². The van der Waals surface area contributed by atoms with E-state index in [0.717, 1.165) is 29.7 Å². The van der Waals surface area contributed by atoms with Gasteiger partial charge < -0.3 is 38.2 Å². The summed E-state index contributed by atoms with van der Waals surface area (Å²) in [5.41, 5.74) is 2.74. The maximum atomic E-state index is 12.9. The van der Waals surface area contributed by atoms with Crippen molar-refractivity contribution in [1.29, 1.82) is 0 Å². The smallest absolute Gasteiger partial charge is 0.410 e. The molecule has 1 amide bonds. The number of rotatable bonds is 15. The molecule has 2 atom stereocenters. The van der Waals surface area contributed by atoms with Crippen molar-refractivity contribution >= 4 is 17.6 Å². The molecule has 4 aromatic rings. The second-order valence-electron chi connectivity index (χ2n) is 14.4. The third-order valence-electron chi connectivity index (χ3n) is 9.13. The van der Waals surface area contributed by atoms with Crippen LogP contribution in [0.25, 0.3) is 5.65 Å². The van der Waals surface area contributed by atoms with E-state index in [1.54, 1.807) is 33.3 Å². The van der Waals surface area contributed by atoms with Gasteiger partial charge in [-0.1, -0.05) is 13.3 Å². The van der Waals surface area contributed by atoms with Gasteiger partial charge in [0.05, 0.1) is 46.4 Å². The molecule has 14 nitrogen and oxygen atoms in total. The summed E-state index contributed by atoms with van der Waals surface area (Å²) in [4.78, 5) is 29.1. The number of benzene rings is 2. The Balaban J connectivity index is 1.55. The van der Waals surface area contributed by atoms with Gasteiger partial charge >= 0.3 is 12.1 Å². The average Bonchev–Trinajstić information content (AvgIpc) is 3.52. The van der Waals surface area contributed by atoms with Crippen molar-refractivity contribution in [3.05, 3.63) is 59.4 Å². The summed E-state index contributed by atoms with van der Waals surface area (Å²) in [6.45, 7) is 15.1. The van der Waals surface area contributed by atoms with E-state index < -0.39 is 5.60 Å². The summed E-state index contributed by atoms with van der Waals surface area (Å²) in [5.74, 6) is 3.33. The third kappa shape index (κ3) is 9.72. The van der Waals surface area contributed by atoms with Crippen LogP contribution < -0.4 is 28.6 Å². The number of methoxy groups -OCH3 is 4. The van der Waals surface area contributed by atoms with Crippen molar-refractivity contribution < 1.29 is 33.2 Å². The molecular formula is C39H55N7O7. The van der Waals surface area contributed by atoms with Crippen LogP contribution in [0, 0.1) is 0 Å². The van der Waals surface area contributed by atoms with E-state index in [1.807, 2.05) is 81.7 Å². The quantitative estimate of drug-likeness (QED) is 0.135. The number of aromatic nitrogens is 4. The number of nitrogens with zero attached hydrogens (tertiary/aromatic N) is 7. The maximum absolute atomic E-state index is 12.9. The monoisotopic (exact) mass is 733 g/mol. The fraction of sp³-hybridized carbons (Fsp3) is 0.538. The van der Waals surface area contributed by atoms with Gasteiger partial charge in [0.2, 0.25) is 0 Å². The maximum Gasteiger partial charge on any atom is 0.410 e. The zero-order chi connectivity index (χ0) is 38.3. The first-order chi connectivity index (χ1) is 25.4. The van der Waals surface area contributed by atoms with Crippen LogP contribution in [-0.4, -0.2) is 101 Å². The molecule has 3 heterocycles. The summed E-state index contributed by atoms with van der Waals surface area (Å²) >= 11 is 0. The van der Waals surface area contributed by atoms with Crippen molar-refractivity contribution in [2.75, 3.05) is 53.0 Å². The second-order valence-corrected chi connectivity index (χ2v) is 14.4. The van der Waals surface area contributed by atoms with Gasteiger partial charge in [-0.15, -0.1) is 5.10 Å². The molecule has 288 valence electrons. The number of piperazine rings is 1. The van der Waals surface area contributed by atoms with Crippen molar-refractivity contribution in [3.63, 3.8) is 0 Å². The predicted octanol–water partition coefficient (Wildman–Crippen LogP) is 6.37. The summed E-state index contributed by atoms with van der Waals surface area (Å²) in [7, 11) is 6.56. The normalized spacial score (nSPS) is 15.6. The summed E-state index contributed by atoms with van der Waals surface area (Å²) < 4.78 is 36.5. The van der Waals surface area contributed by atoms with Gasteiger partial charge in [-0.25, -0.2) is 14.3 Å². The molecule has 0 bridgehead atoms. The second kappa shape index (κ2) is 17.2. The van der Waals surface area contributed by atoms with Crippen molar-refractivity contribution in [2.24, 2.45) is 0 Å². The number of ether oxygens (including phenoxy) is 6. The van der Waals surface area contributed by atoms with Gasteiger partial charge in [-0.05, 0) is 65.3 Å². The molecule has 1 unspecified atom stereocenters. The first-order valence-corrected chi connectivity index (χ1v) is 18.2. The van der Waals surface area contributed by atoms with Crippen molar-refractivity contribution in [3.8, 4) is 29.0 Å². The first-order valence-electron chi connectivity index (χ1n) is 18.2. The highest BCUT2D eigenvalue weighted by Crippen LogP contribution is 2.33. The van der Waals surface area contributed by atoms with Crippen LogP contribution in [0.3, 0.4) is 0 Å². The highest BCUT2D eigenvalue weighted by molar-refractivity contribution is 5.69. The average molecular weight is 734 g/mol. The van der Waals surface area contributed by atoms with Crippen LogP contribution in [0.5, 0.6) is 29.0 Å². The minimum Gasteiger partial charge on any atom is -0.497 e. The van der Waals surface area contributed by atoms with Crippen LogP contribution in [0.2, 0.25) is 0 Å². The zero-order valence-electron chi connectivity index (χ0n) is 32.8. The van der Waals surface area contributed by atoms with Gasteiger partial charge in [-0.2, -0.15) is 4.98 Å². The fourth-order valence-electron chi connectivity index (χ4n) is 6.49. The van der Waals surface area contributed by atoms with E-state index in [1.165, 1.54) is 0 Å². The van der Waals surface area contributed by atoms with E-state index >= 15 is 0 Å². The zero-order valence-corrected chi connectivity index (χ0v) is 32.8. The Morgan fingerprint density at radius 3 is 2.09 bits per heavy atom. The highest BCUT2D eigenvalue weighted by Gasteiger charge is 2.32. The van der Waals surface area contributed by atoms with Gasteiger partial charge in [0.1, 0.15) is 28.6 Å². The van der Waals surface area contributed by atoms with Crippen molar-refractivity contribution in [1.82, 2.24) is 29.4 Å². The first kappa shape index (κ1) is 39.2. The van der Waals surface area contributed by atoms with Crippen molar-refractivity contribution in [2.45, 2.75) is 91.8 Å². The molecule has 2 aromatic heterocycles. The molecular weight excluding hydrogens is 678 g/mol. The molecule has 2 aromatic carbocycles. The summed E-state index contributed by atoms with van der Waals surface area (Å²) in [6.07, 6.45) is 3.26. The number of fused-ring (bicyclic) bond motifs is 1. The highest BCUT2D eigenvalue weighted by atomic mass is 16.6. The molecule has 14 heteroatoms. The molecule has 5 rings (SSSR count). The van der Waals surface area contributed by atoms with Crippen LogP contribution in [0.15, 0.2) is 42.6 Å². The lowest BCUT2D eigenvalue weighted by molar-refractivity contribution is 0.000354. The minimum absolute atomic E-state index is 0.0359. The van der Waals surface area contributed by atoms with Crippen LogP contribution >= 0.6 is 0 Å². The van der Waals surface area contributed by atoms with Gasteiger partial charge in [0.25, 0.3) is 0 Å². The molecule has 53 heavy (non-hydrogen) atoms. The Kier molecular flexibility index (Phi) is 12.8. The Morgan fingerprint density at radius 1 is 0.943 bits per heavy atom. The third-order valence-corrected chi connectivity index (χ3v) is 9.13. The topological polar surface area (TPSA) is 125 Å². The molecule has 0 spiro atoms. The lowest BCUT2D eigenvalue weighted by Gasteiger charge is -2.40. The van der Waals surface area contributed by atoms with E-state index in [4.69, 9.17) is 43.5 Å². The molecule has 0 aliphatic carbocycles. The largest absolute Gasteiger partial charge is 0.497 e. The molecule has 1 aliphatic rings. The molecule has 0 radical (unpaired) electrons. The van der Waals surface area contributed by atoms with E-state index in [0.29, 0.717) is 73.7 Å². The Morgan fingerprint density at radius 2 is 1.57 bits per heavy atom. The Labute approximate surface area is 312 Å². The fourth-order valence-corrected chi connectivity index (χ4v) is 6.49. The number of amides is 1. The van der Waals surface area contributed by atoms with E-state index in [9.17, 15) is 4.79 Å². The lowest BCUT2D eigenvalue weighted by Crippen LogP contribution is -2.54. The SMILES string of the molecule is CCCC(C)Oc1nc(N(Cc2ccc(OC)cc2OC)Cc2ccc(OC)cc2OC)c2ncc(CN3CCN(C(=O)OC(C)(C)C)[C@@H](C)C3)n2n1. The predicted molar refractivity (Wildman–Crippen MR) is 202 cm³/mol. The summed E-state index contributed by atoms with van der Waals surface area (Å²) in [5, 5.41) is 4.90. The van der Waals surface area contributed by atoms with E-state index in [2.05, 4.69) is 16.7 Å². The number of hydrogen-bond acceptors (Lipinski definition) is 12. The molecule has 1 aliphatic heterocycles. The lowest BCUT2D eigenvalue weighted by atomic mass is 10.1. The van der Waals surface area contributed by atoms with Gasteiger partial charge in [0.15, 0.2) is 11.5 Å². The standard InChI is InChI=1S/C39H55N7O7/c1-11-12-27(3)52-37-41-36(35-40-21-30(46(35)42-37)25-43-17-18-45(26(2)22-43)38(47)53-39(4,5)6)44(23-28-13-15-31(48-7)19-33(28)50-9)24-29-14-16-32(49-8)20-34(29)51-10/h13-16,19-21,26-27H,11-12,17-18,22-25H2,1-10H3/t26-,27?/m0/s1. The number of carbonyl (C=O) groups is 1. The number of hydrogen-bond donors (Lipinski definition) is 0. The number of carbonyl (C=O) groups excluding carboxylic acids is 1. The Hall–Kier alpha value is -4.98. The molecule has 1 saturated heterocycles. The minimum atomic E-state index is -0.554. The number of anilines is 1. The summed E-state index contributed by atoms with van der Waals surface area (Å²) in [6, 6.07) is 11.8. The molecule has 0 saturated carbocycles. The molecule has 1 fully saturated rings. The molecule has 0 N–H and O–H groups in total. The van der Waals surface area contributed by atoms with Gasteiger partial charge in [0, 0.05) is 68.6 Å². The van der Waals surface area contributed by atoms with Gasteiger partial charge in [-0.3, -0.25) is 4.90 Å². The number of imidazole rings is 1. The Bertz CT molecular complexity index is 1790. The van der Waals surface area contributed by atoms with Crippen LogP contribution in [0.1, 0.15) is 71.2 Å². The van der Waals surface area contributed by atoms with E-state index in [-0.39, 0.29) is 24.2 Å². The van der Waals surface area contributed by atoms with Crippen LogP contribution in [0.4, 0.5) is 10.6 Å².